The third kappa shape index (κ3) is 6.03. The van der Waals surface area contributed by atoms with E-state index in [1.807, 2.05) is 20.8 Å². The number of carbonyl (C=O) groups is 1. The average Bonchev–Trinajstić information content (AvgIpc) is 3.02. The van der Waals surface area contributed by atoms with Crippen molar-refractivity contribution in [2.75, 3.05) is 11.9 Å². The highest BCUT2D eigenvalue weighted by molar-refractivity contribution is 7.88. The second-order valence-electron chi connectivity index (χ2n) is 6.28. The molecular formula is C18H24N2O4S. The van der Waals surface area contributed by atoms with E-state index in [0.717, 1.165) is 5.76 Å². The van der Waals surface area contributed by atoms with Crippen molar-refractivity contribution in [2.24, 2.45) is 5.92 Å². The summed E-state index contributed by atoms with van der Waals surface area (Å²) < 4.78 is 32.1. The van der Waals surface area contributed by atoms with Crippen molar-refractivity contribution in [1.82, 2.24) is 4.72 Å². The number of aryl methyl sites for hydroxylation is 1. The first-order valence-electron chi connectivity index (χ1n) is 8.25. The molecule has 0 unspecified atom stereocenters. The molecule has 2 rings (SSSR count). The Kier molecular flexibility index (Phi) is 6.39. The Bertz CT molecular complexity index is 825. The lowest BCUT2D eigenvalue weighted by Gasteiger charge is -2.10. The predicted molar refractivity (Wildman–Crippen MR) is 97.9 cm³/mol. The maximum Gasteiger partial charge on any atom is 0.291 e. The van der Waals surface area contributed by atoms with Crippen LogP contribution in [0.3, 0.4) is 0 Å². The van der Waals surface area contributed by atoms with Crippen LogP contribution >= 0.6 is 0 Å². The summed E-state index contributed by atoms with van der Waals surface area (Å²) in [5.74, 6) is 0.707. The molecule has 0 bridgehead atoms. The number of furan rings is 1. The molecule has 0 aliphatic rings. The first kappa shape index (κ1) is 19.2. The van der Waals surface area contributed by atoms with Gasteiger partial charge in [-0.15, -0.1) is 0 Å². The molecule has 0 fully saturated rings. The monoisotopic (exact) mass is 364 g/mol. The third-order valence-corrected chi connectivity index (χ3v) is 4.81. The van der Waals surface area contributed by atoms with Gasteiger partial charge in [-0.25, -0.2) is 13.1 Å². The van der Waals surface area contributed by atoms with Gasteiger partial charge in [0, 0.05) is 18.7 Å². The zero-order valence-corrected chi connectivity index (χ0v) is 15.5. The minimum Gasteiger partial charge on any atom is -0.456 e. The number of carbonyl (C=O) groups excluding carboxylic acids is 1. The van der Waals surface area contributed by atoms with Gasteiger partial charge in [-0.3, -0.25) is 4.79 Å². The average molecular weight is 364 g/mol. The molecule has 0 aliphatic carbocycles. The van der Waals surface area contributed by atoms with Crippen molar-refractivity contribution in [2.45, 2.75) is 32.9 Å². The number of hydrogen-bond acceptors (Lipinski definition) is 4. The van der Waals surface area contributed by atoms with Gasteiger partial charge in [0.15, 0.2) is 5.76 Å². The maximum atomic E-state index is 12.2. The fraction of sp³-hybridized carbons (Fsp3) is 0.389. The van der Waals surface area contributed by atoms with Gasteiger partial charge < -0.3 is 9.73 Å². The van der Waals surface area contributed by atoms with Crippen LogP contribution < -0.4 is 10.0 Å². The molecule has 1 amide bonds. The number of anilines is 1. The topological polar surface area (TPSA) is 88.4 Å². The molecule has 7 heteroatoms. The highest BCUT2D eigenvalue weighted by Crippen LogP contribution is 2.16. The van der Waals surface area contributed by atoms with Gasteiger partial charge in [0.25, 0.3) is 5.91 Å². The van der Waals surface area contributed by atoms with Crippen LogP contribution in [-0.2, 0) is 22.2 Å². The normalized spacial score (nSPS) is 11.7. The van der Waals surface area contributed by atoms with E-state index >= 15 is 0 Å². The Labute approximate surface area is 148 Å². The van der Waals surface area contributed by atoms with Gasteiger partial charge in [-0.1, -0.05) is 32.9 Å². The van der Waals surface area contributed by atoms with Crippen LogP contribution in [0.2, 0.25) is 0 Å². The standard InChI is InChI=1S/C18H24N2O4S/c1-4-16-8-9-17(24-16)18(21)20-15-7-5-6-14(10-15)12-25(22,23)19-11-13(2)3/h5-10,13,19H,4,11-12H2,1-3H3,(H,20,21). The molecule has 0 saturated carbocycles. The first-order chi connectivity index (χ1) is 11.8. The Morgan fingerprint density at radius 3 is 2.60 bits per heavy atom. The van der Waals surface area contributed by atoms with Crippen molar-refractivity contribution in [3.05, 3.63) is 53.5 Å². The zero-order chi connectivity index (χ0) is 18.4. The molecule has 0 radical (unpaired) electrons. The quantitative estimate of drug-likeness (QED) is 0.753. The molecule has 1 heterocycles. The van der Waals surface area contributed by atoms with Gasteiger partial charge >= 0.3 is 0 Å². The van der Waals surface area contributed by atoms with Gasteiger partial charge in [0.05, 0.1) is 5.75 Å². The molecule has 25 heavy (non-hydrogen) atoms. The summed E-state index contributed by atoms with van der Waals surface area (Å²) in [6.45, 7) is 6.23. The van der Waals surface area contributed by atoms with E-state index in [1.165, 1.54) is 0 Å². The summed E-state index contributed by atoms with van der Waals surface area (Å²) >= 11 is 0. The van der Waals surface area contributed by atoms with E-state index in [2.05, 4.69) is 10.0 Å². The van der Waals surface area contributed by atoms with Gasteiger partial charge in [-0.05, 0) is 35.7 Å². The molecule has 2 aromatic rings. The van der Waals surface area contributed by atoms with E-state index in [-0.39, 0.29) is 23.3 Å². The summed E-state index contributed by atoms with van der Waals surface area (Å²) in [4.78, 5) is 12.2. The van der Waals surface area contributed by atoms with Crippen LogP contribution in [0.15, 0.2) is 40.8 Å². The van der Waals surface area contributed by atoms with Crippen LogP contribution in [0, 0.1) is 5.92 Å². The Morgan fingerprint density at radius 1 is 1.20 bits per heavy atom. The number of nitrogens with one attached hydrogen (secondary N) is 2. The fourth-order valence-corrected chi connectivity index (χ4v) is 3.49. The molecule has 2 N–H and O–H groups in total. The van der Waals surface area contributed by atoms with Crippen molar-refractivity contribution in [3.63, 3.8) is 0 Å². The summed E-state index contributed by atoms with van der Waals surface area (Å²) in [6, 6.07) is 10.2. The molecule has 0 saturated heterocycles. The highest BCUT2D eigenvalue weighted by Gasteiger charge is 2.14. The van der Waals surface area contributed by atoms with Gasteiger partial charge in [-0.2, -0.15) is 0 Å². The Hall–Kier alpha value is -2.12. The molecule has 6 nitrogen and oxygen atoms in total. The fourth-order valence-electron chi connectivity index (χ4n) is 2.19. The summed E-state index contributed by atoms with van der Waals surface area (Å²) in [5.41, 5.74) is 1.12. The number of hydrogen-bond donors (Lipinski definition) is 2. The van der Waals surface area contributed by atoms with Crippen molar-refractivity contribution >= 4 is 21.6 Å². The second kappa shape index (κ2) is 8.31. The lowest BCUT2D eigenvalue weighted by Crippen LogP contribution is -2.28. The molecule has 0 aliphatic heterocycles. The number of amides is 1. The number of rotatable bonds is 8. The van der Waals surface area contributed by atoms with Crippen molar-refractivity contribution in [1.29, 1.82) is 0 Å². The summed E-state index contributed by atoms with van der Waals surface area (Å²) in [5, 5.41) is 2.72. The molecule has 0 spiro atoms. The van der Waals surface area contributed by atoms with Crippen LogP contribution in [0.25, 0.3) is 0 Å². The van der Waals surface area contributed by atoms with Crippen LogP contribution in [0.4, 0.5) is 5.69 Å². The van der Waals surface area contributed by atoms with E-state index in [0.29, 0.717) is 24.2 Å². The van der Waals surface area contributed by atoms with Crippen LogP contribution in [0.1, 0.15) is 42.6 Å². The van der Waals surface area contributed by atoms with E-state index < -0.39 is 10.0 Å². The van der Waals surface area contributed by atoms with Crippen molar-refractivity contribution < 1.29 is 17.6 Å². The lowest BCUT2D eigenvalue weighted by atomic mass is 10.2. The maximum absolute atomic E-state index is 12.2. The third-order valence-electron chi connectivity index (χ3n) is 3.49. The Balaban J connectivity index is 2.04. The van der Waals surface area contributed by atoms with Crippen LogP contribution in [0.5, 0.6) is 0 Å². The summed E-state index contributed by atoms with van der Waals surface area (Å²) in [7, 11) is -3.41. The summed E-state index contributed by atoms with van der Waals surface area (Å²) in [6.07, 6.45) is 0.712. The van der Waals surface area contributed by atoms with Crippen molar-refractivity contribution in [3.8, 4) is 0 Å². The SMILES string of the molecule is CCc1ccc(C(=O)Nc2cccc(CS(=O)(=O)NCC(C)C)c2)o1. The van der Waals surface area contributed by atoms with Gasteiger partial charge in [0.2, 0.25) is 10.0 Å². The number of sulfonamides is 1. The molecule has 1 aromatic heterocycles. The smallest absolute Gasteiger partial charge is 0.291 e. The minimum atomic E-state index is -3.41. The largest absolute Gasteiger partial charge is 0.456 e. The van der Waals surface area contributed by atoms with E-state index in [1.54, 1.807) is 36.4 Å². The zero-order valence-electron chi connectivity index (χ0n) is 14.7. The molecule has 1 aromatic carbocycles. The van der Waals surface area contributed by atoms with Gasteiger partial charge in [0.1, 0.15) is 5.76 Å². The molecule has 0 atom stereocenters. The first-order valence-corrected chi connectivity index (χ1v) is 9.90. The second-order valence-corrected chi connectivity index (χ2v) is 8.08. The van der Waals surface area contributed by atoms with E-state index in [9.17, 15) is 13.2 Å². The number of benzene rings is 1. The minimum absolute atomic E-state index is 0.135. The Morgan fingerprint density at radius 2 is 1.96 bits per heavy atom. The lowest BCUT2D eigenvalue weighted by molar-refractivity contribution is 0.0995. The molecular weight excluding hydrogens is 340 g/mol. The molecule has 136 valence electrons. The van der Waals surface area contributed by atoms with E-state index in [4.69, 9.17) is 4.42 Å². The highest BCUT2D eigenvalue weighted by atomic mass is 32.2. The predicted octanol–water partition coefficient (Wildman–Crippen LogP) is 3.17. The van der Waals surface area contributed by atoms with Crippen LogP contribution in [-0.4, -0.2) is 20.9 Å².